The minimum Gasteiger partial charge on any atom is -0.379 e. The van der Waals surface area contributed by atoms with Gasteiger partial charge in [-0.25, -0.2) is 0 Å². The van der Waals surface area contributed by atoms with Crippen LogP contribution in [0.4, 0.5) is 5.69 Å². The van der Waals surface area contributed by atoms with E-state index in [0.29, 0.717) is 0 Å². The number of fused-ring (bicyclic) bond motifs is 4. The number of rotatable bonds is 0. The number of nitrogens with one attached hydrogen (secondary N) is 1. The Morgan fingerprint density at radius 3 is 2.78 bits per heavy atom. The van der Waals surface area contributed by atoms with Gasteiger partial charge in [0.2, 0.25) is 0 Å². The molecule has 1 aromatic heterocycles. The number of para-hydroxylation sites is 2. The second-order valence-electron chi connectivity index (χ2n) is 4.79. The second-order valence-corrected chi connectivity index (χ2v) is 4.79. The molecule has 0 saturated heterocycles. The molecule has 0 atom stereocenters. The van der Waals surface area contributed by atoms with Gasteiger partial charge < -0.3 is 9.88 Å². The van der Waals surface area contributed by atoms with Crippen molar-refractivity contribution in [3.8, 4) is 0 Å². The van der Waals surface area contributed by atoms with Crippen molar-refractivity contribution in [2.24, 2.45) is 0 Å². The summed E-state index contributed by atoms with van der Waals surface area (Å²) in [6, 6.07) is 19.4. The zero-order valence-corrected chi connectivity index (χ0v) is 10.1. The topological polar surface area (TPSA) is 17.0 Å². The molecule has 0 unspecified atom stereocenters. The van der Waals surface area contributed by atoms with E-state index in [9.17, 15) is 0 Å². The molecule has 1 aliphatic heterocycles. The molecule has 0 amide bonds. The van der Waals surface area contributed by atoms with Gasteiger partial charge in [-0.1, -0.05) is 36.4 Å². The molecule has 0 fully saturated rings. The van der Waals surface area contributed by atoms with Crippen LogP contribution in [0.15, 0.2) is 54.6 Å². The van der Waals surface area contributed by atoms with Crippen molar-refractivity contribution >= 4 is 16.6 Å². The van der Waals surface area contributed by atoms with E-state index in [0.717, 1.165) is 13.1 Å². The van der Waals surface area contributed by atoms with Gasteiger partial charge in [0, 0.05) is 23.4 Å². The van der Waals surface area contributed by atoms with Crippen molar-refractivity contribution in [3.63, 3.8) is 0 Å². The molecule has 0 radical (unpaired) electrons. The van der Waals surface area contributed by atoms with Crippen molar-refractivity contribution in [1.82, 2.24) is 4.57 Å². The molecule has 4 rings (SSSR count). The first kappa shape index (κ1) is 9.77. The van der Waals surface area contributed by atoms with Crippen molar-refractivity contribution < 1.29 is 0 Å². The van der Waals surface area contributed by atoms with Crippen LogP contribution in [0.5, 0.6) is 0 Å². The second kappa shape index (κ2) is 3.64. The van der Waals surface area contributed by atoms with Crippen LogP contribution in [-0.2, 0) is 13.1 Å². The van der Waals surface area contributed by atoms with Crippen LogP contribution < -0.4 is 5.32 Å². The molecule has 2 heteroatoms. The lowest BCUT2D eigenvalue weighted by Gasteiger charge is -2.07. The summed E-state index contributed by atoms with van der Waals surface area (Å²) in [5.74, 6) is 0. The van der Waals surface area contributed by atoms with Crippen LogP contribution in [-0.4, -0.2) is 4.57 Å². The first-order valence-electron chi connectivity index (χ1n) is 6.31. The number of nitrogens with zero attached hydrogens (tertiary/aromatic N) is 1. The predicted octanol–water partition coefficient (Wildman–Crippen LogP) is 3.62. The number of benzene rings is 2. The smallest absolute Gasteiger partial charge is 0.0553 e. The van der Waals surface area contributed by atoms with Crippen LogP contribution in [0.1, 0.15) is 11.3 Å². The Morgan fingerprint density at radius 1 is 0.944 bits per heavy atom. The van der Waals surface area contributed by atoms with Crippen LogP contribution in [0.2, 0.25) is 0 Å². The van der Waals surface area contributed by atoms with E-state index in [4.69, 9.17) is 0 Å². The maximum Gasteiger partial charge on any atom is 0.0553 e. The van der Waals surface area contributed by atoms with Gasteiger partial charge >= 0.3 is 0 Å². The van der Waals surface area contributed by atoms with E-state index in [1.807, 2.05) is 0 Å². The number of anilines is 1. The minimum atomic E-state index is 0.895. The van der Waals surface area contributed by atoms with Gasteiger partial charge in [-0.3, -0.25) is 0 Å². The first-order chi connectivity index (χ1) is 8.92. The fraction of sp³-hybridized carbons (Fsp3) is 0.125. The summed E-state index contributed by atoms with van der Waals surface area (Å²) < 4.78 is 2.41. The minimum absolute atomic E-state index is 0.895. The third-order valence-corrected chi connectivity index (χ3v) is 3.70. The largest absolute Gasteiger partial charge is 0.379 e. The van der Waals surface area contributed by atoms with Crippen LogP contribution in [0.25, 0.3) is 10.9 Å². The van der Waals surface area contributed by atoms with Crippen molar-refractivity contribution in [1.29, 1.82) is 0 Å². The molecule has 0 saturated carbocycles. The maximum absolute atomic E-state index is 3.52. The van der Waals surface area contributed by atoms with Gasteiger partial charge in [-0.05, 0) is 29.1 Å². The first-order valence-corrected chi connectivity index (χ1v) is 6.31. The molecule has 0 aliphatic carbocycles. The van der Waals surface area contributed by atoms with Gasteiger partial charge in [-0.15, -0.1) is 0 Å². The van der Waals surface area contributed by atoms with E-state index in [-0.39, 0.29) is 0 Å². The summed E-state index contributed by atoms with van der Waals surface area (Å²) in [7, 11) is 0. The third kappa shape index (κ3) is 1.35. The molecule has 0 bridgehead atoms. The highest BCUT2D eigenvalue weighted by Crippen LogP contribution is 2.27. The average Bonchev–Trinajstić information content (AvgIpc) is 2.65. The molecular formula is C16H14N2. The molecular weight excluding hydrogens is 220 g/mol. The Kier molecular flexibility index (Phi) is 1.97. The van der Waals surface area contributed by atoms with Crippen molar-refractivity contribution in [2.75, 3.05) is 5.32 Å². The molecule has 2 aromatic carbocycles. The lowest BCUT2D eigenvalue weighted by molar-refractivity contribution is 0.800. The monoisotopic (exact) mass is 234 g/mol. The lowest BCUT2D eigenvalue weighted by Crippen LogP contribution is -2.02. The number of hydrogen-bond donors (Lipinski definition) is 1. The Morgan fingerprint density at radius 2 is 1.78 bits per heavy atom. The van der Waals surface area contributed by atoms with Gasteiger partial charge in [0.25, 0.3) is 0 Å². The number of hydrogen-bond acceptors (Lipinski definition) is 1. The summed E-state index contributed by atoms with van der Waals surface area (Å²) in [5, 5.41) is 4.85. The van der Waals surface area contributed by atoms with Crippen LogP contribution >= 0.6 is 0 Å². The Hall–Kier alpha value is -2.22. The molecule has 2 nitrogen and oxygen atoms in total. The summed E-state index contributed by atoms with van der Waals surface area (Å²) in [4.78, 5) is 0. The molecule has 3 aromatic rings. The normalized spacial score (nSPS) is 13.6. The van der Waals surface area contributed by atoms with E-state index in [2.05, 4.69) is 64.5 Å². The van der Waals surface area contributed by atoms with E-state index < -0.39 is 0 Å². The van der Waals surface area contributed by atoms with Crippen LogP contribution in [0.3, 0.4) is 0 Å². The summed E-state index contributed by atoms with van der Waals surface area (Å²) in [6.07, 6.45) is 0. The van der Waals surface area contributed by atoms with Gasteiger partial charge in [0.05, 0.1) is 6.54 Å². The quantitative estimate of drug-likeness (QED) is 0.628. The van der Waals surface area contributed by atoms with Crippen LogP contribution in [0, 0.1) is 0 Å². The van der Waals surface area contributed by atoms with Crippen molar-refractivity contribution in [3.05, 3.63) is 65.9 Å². The lowest BCUT2D eigenvalue weighted by atomic mass is 10.1. The van der Waals surface area contributed by atoms with Gasteiger partial charge in [0.15, 0.2) is 0 Å². The fourth-order valence-corrected chi connectivity index (χ4v) is 2.79. The Bertz CT molecular complexity index is 725. The average molecular weight is 234 g/mol. The summed E-state index contributed by atoms with van der Waals surface area (Å²) in [6.45, 7) is 1.84. The fourth-order valence-electron chi connectivity index (χ4n) is 2.79. The molecule has 18 heavy (non-hydrogen) atoms. The highest BCUT2D eigenvalue weighted by molar-refractivity contribution is 5.81. The Labute approximate surface area is 106 Å². The summed E-state index contributed by atoms with van der Waals surface area (Å²) in [5.41, 5.74) is 5.29. The number of aromatic nitrogens is 1. The van der Waals surface area contributed by atoms with E-state index in [1.54, 1.807) is 0 Å². The molecule has 1 aliphatic rings. The SMILES string of the molecule is c1ccc2c(c1)Cn1c(cc3ccccc31)CN2. The third-order valence-electron chi connectivity index (χ3n) is 3.70. The highest BCUT2D eigenvalue weighted by atomic mass is 15.0. The molecule has 88 valence electrons. The molecule has 1 N–H and O–H groups in total. The van der Waals surface area contributed by atoms with Gasteiger partial charge in [0.1, 0.15) is 0 Å². The Balaban J connectivity index is 1.95. The van der Waals surface area contributed by atoms with E-state index in [1.165, 1.54) is 27.8 Å². The summed E-state index contributed by atoms with van der Waals surface area (Å²) >= 11 is 0. The molecule has 0 spiro atoms. The van der Waals surface area contributed by atoms with Gasteiger partial charge in [-0.2, -0.15) is 0 Å². The van der Waals surface area contributed by atoms with Crippen molar-refractivity contribution in [2.45, 2.75) is 13.1 Å². The standard InChI is InChI=1S/C16H14N2/c1-3-7-15-13(6-1)11-18-14(10-17-15)9-12-5-2-4-8-16(12)18/h1-9,17H,10-11H2. The highest BCUT2D eigenvalue weighted by Gasteiger charge is 2.14. The zero-order chi connectivity index (χ0) is 11.9. The van der Waals surface area contributed by atoms with E-state index >= 15 is 0 Å². The predicted molar refractivity (Wildman–Crippen MR) is 74.8 cm³/mol. The maximum atomic E-state index is 3.52. The zero-order valence-electron chi connectivity index (χ0n) is 10.1. The molecule has 2 heterocycles.